The maximum absolute atomic E-state index is 12.4. The van der Waals surface area contributed by atoms with Crippen molar-refractivity contribution >= 4 is 29.2 Å². The van der Waals surface area contributed by atoms with E-state index in [2.05, 4.69) is 0 Å². The normalized spacial score (nSPS) is 22.0. The van der Waals surface area contributed by atoms with Gasteiger partial charge in [-0.3, -0.25) is 14.4 Å². The Kier molecular flexibility index (Phi) is 4.62. The number of nitrogens with zero attached hydrogens (tertiary/aromatic N) is 1. The molecule has 1 aliphatic heterocycles. The monoisotopic (exact) mass is 311 g/mol. The summed E-state index contributed by atoms with van der Waals surface area (Å²) < 4.78 is 0. The molecule has 2 atom stereocenters. The highest BCUT2D eigenvalue weighted by Crippen LogP contribution is 2.27. The van der Waals surface area contributed by atoms with Gasteiger partial charge < -0.3 is 15.1 Å². The van der Waals surface area contributed by atoms with Crippen LogP contribution in [0.2, 0.25) is 0 Å². The van der Waals surface area contributed by atoms with Gasteiger partial charge in [-0.15, -0.1) is 11.3 Å². The molecule has 1 amide bonds. The van der Waals surface area contributed by atoms with Crippen molar-refractivity contribution in [3.63, 3.8) is 0 Å². The lowest BCUT2D eigenvalue weighted by Gasteiger charge is -2.34. The number of piperidine rings is 1. The van der Waals surface area contributed by atoms with Crippen LogP contribution in [-0.4, -0.2) is 46.0 Å². The molecule has 2 unspecified atom stereocenters. The van der Waals surface area contributed by atoms with Crippen LogP contribution in [0.15, 0.2) is 12.1 Å². The molecule has 1 fully saturated rings. The third-order valence-corrected chi connectivity index (χ3v) is 4.97. The quantitative estimate of drug-likeness (QED) is 0.880. The molecule has 0 aliphatic carbocycles. The van der Waals surface area contributed by atoms with Crippen LogP contribution in [0.5, 0.6) is 0 Å². The number of aliphatic carboxylic acids is 2. The number of carbonyl (C=O) groups is 3. The van der Waals surface area contributed by atoms with Crippen LogP contribution in [0, 0.1) is 11.8 Å². The minimum atomic E-state index is -1.17. The molecule has 0 aromatic carbocycles. The maximum Gasteiger partial charge on any atom is 0.309 e. The summed E-state index contributed by atoms with van der Waals surface area (Å²) >= 11 is 1.40. The highest BCUT2D eigenvalue weighted by molar-refractivity contribution is 7.14. The Labute approximate surface area is 126 Å². The van der Waals surface area contributed by atoms with Crippen LogP contribution in [-0.2, 0) is 16.0 Å². The molecule has 0 radical (unpaired) electrons. The molecule has 1 aromatic rings. The van der Waals surface area contributed by atoms with E-state index in [1.54, 1.807) is 6.07 Å². The molecular formula is C14H17NO5S. The van der Waals surface area contributed by atoms with Crippen LogP contribution in [0.25, 0.3) is 0 Å². The Morgan fingerprint density at radius 2 is 1.90 bits per heavy atom. The second kappa shape index (κ2) is 6.26. The first kappa shape index (κ1) is 15.5. The van der Waals surface area contributed by atoms with Gasteiger partial charge in [0.05, 0.1) is 16.7 Å². The van der Waals surface area contributed by atoms with Crippen molar-refractivity contribution in [2.24, 2.45) is 11.8 Å². The number of amides is 1. The molecule has 7 heteroatoms. The van der Waals surface area contributed by atoms with Gasteiger partial charge in [-0.25, -0.2) is 0 Å². The molecule has 0 spiro atoms. The molecule has 6 nitrogen and oxygen atoms in total. The highest BCUT2D eigenvalue weighted by atomic mass is 32.1. The van der Waals surface area contributed by atoms with Gasteiger partial charge >= 0.3 is 11.9 Å². The van der Waals surface area contributed by atoms with Crippen molar-refractivity contribution < 1.29 is 24.6 Å². The number of carboxylic acids is 2. The molecule has 1 saturated heterocycles. The van der Waals surface area contributed by atoms with E-state index in [0.29, 0.717) is 4.88 Å². The SMILES string of the molecule is CCc1ccc(C(=O)N2CCC(C(=O)O)C(C(=O)O)C2)s1. The first-order valence-corrected chi connectivity index (χ1v) is 7.59. The van der Waals surface area contributed by atoms with Crippen molar-refractivity contribution in [2.75, 3.05) is 13.1 Å². The zero-order valence-corrected chi connectivity index (χ0v) is 12.4. The number of thiophene rings is 1. The lowest BCUT2D eigenvalue weighted by Crippen LogP contribution is -2.48. The van der Waals surface area contributed by atoms with E-state index in [4.69, 9.17) is 5.11 Å². The third kappa shape index (κ3) is 3.24. The molecule has 2 N–H and O–H groups in total. The number of hydrogen-bond donors (Lipinski definition) is 2. The summed E-state index contributed by atoms with van der Waals surface area (Å²) in [5, 5.41) is 18.2. The standard InChI is InChI=1S/C14H17NO5S/c1-2-8-3-4-11(21-8)12(16)15-6-5-9(13(17)18)10(7-15)14(19)20/h3-4,9-10H,2,5-7H2,1H3,(H,17,18)(H,19,20). The van der Waals surface area contributed by atoms with E-state index < -0.39 is 23.8 Å². The fraction of sp³-hybridized carbons (Fsp3) is 0.500. The molecule has 21 heavy (non-hydrogen) atoms. The van der Waals surface area contributed by atoms with Crippen molar-refractivity contribution in [1.82, 2.24) is 4.90 Å². The van der Waals surface area contributed by atoms with E-state index in [1.165, 1.54) is 16.2 Å². The number of likely N-dealkylation sites (tertiary alicyclic amines) is 1. The van der Waals surface area contributed by atoms with Gasteiger partial charge in [-0.2, -0.15) is 0 Å². The second-order valence-corrected chi connectivity index (χ2v) is 6.22. The van der Waals surface area contributed by atoms with Gasteiger partial charge in [-0.1, -0.05) is 6.92 Å². The van der Waals surface area contributed by atoms with Gasteiger partial charge in [0.1, 0.15) is 0 Å². The van der Waals surface area contributed by atoms with E-state index in [9.17, 15) is 19.5 Å². The summed E-state index contributed by atoms with van der Waals surface area (Å²) in [6.45, 7) is 2.22. The molecule has 114 valence electrons. The average molecular weight is 311 g/mol. The lowest BCUT2D eigenvalue weighted by molar-refractivity contribution is -0.156. The maximum atomic E-state index is 12.4. The van der Waals surface area contributed by atoms with E-state index in [0.717, 1.165) is 11.3 Å². The first-order valence-electron chi connectivity index (χ1n) is 6.77. The van der Waals surface area contributed by atoms with Crippen LogP contribution < -0.4 is 0 Å². The van der Waals surface area contributed by atoms with Gasteiger partial charge in [-0.05, 0) is 25.0 Å². The van der Waals surface area contributed by atoms with Gasteiger partial charge in [0, 0.05) is 18.0 Å². The van der Waals surface area contributed by atoms with Crippen molar-refractivity contribution in [3.8, 4) is 0 Å². The van der Waals surface area contributed by atoms with Crippen LogP contribution in [0.1, 0.15) is 27.9 Å². The van der Waals surface area contributed by atoms with E-state index >= 15 is 0 Å². The fourth-order valence-corrected chi connectivity index (χ4v) is 3.44. The molecule has 2 rings (SSSR count). The minimum absolute atomic E-state index is 0.0511. The van der Waals surface area contributed by atoms with Crippen molar-refractivity contribution in [3.05, 3.63) is 21.9 Å². The Bertz CT molecular complexity index is 567. The summed E-state index contributed by atoms with van der Waals surface area (Å²) in [4.78, 5) is 37.8. The van der Waals surface area contributed by atoms with Gasteiger partial charge in [0.15, 0.2) is 0 Å². The molecule has 0 bridgehead atoms. The number of carboxylic acid groups (broad SMARTS) is 2. The number of rotatable bonds is 4. The third-order valence-electron chi connectivity index (χ3n) is 3.76. The summed E-state index contributed by atoms with van der Waals surface area (Å²) in [5.41, 5.74) is 0. The van der Waals surface area contributed by atoms with Gasteiger partial charge in [0.2, 0.25) is 0 Å². The molecule has 1 aromatic heterocycles. The largest absolute Gasteiger partial charge is 0.481 e. The summed E-state index contributed by atoms with van der Waals surface area (Å²) in [6, 6.07) is 3.63. The Balaban J connectivity index is 2.13. The predicted octanol–water partition coefficient (Wildman–Crippen LogP) is 1.56. The average Bonchev–Trinajstić information content (AvgIpc) is 2.94. The number of aryl methyl sites for hydroxylation is 1. The zero-order valence-electron chi connectivity index (χ0n) is 11.6. The van der Waals surface area contributed by atoms with Gasteiger partial charge in [0.25, 0.3) is 5.91 Å². The first-order chi connectivity index (χ1) is 9.93. The Morgan fingerprint density at radius 3 is 2.43 bits per heavy atom. The van der Waals surface area contributed by atoms with E-state index in [1.807, 2.05) is 13.0 Å². The van der Waals surface area contributed by atoms with Crippen LogP contribution in [0.3, 0.4) is 0 Å². The molecule has 1 aliphatic rings. The van der Waals surface area contributed by atoms with Crippen molar-refractivity contribution in [1.29, 1.82) is 0 Å². The van der Waals surface area contributed by atoms with Crippen molar-refractivity contribution in [2.45, 2.75) is 19.8 Å². The Hall–Kier alpha value is -1.89. The summed E-state index contributed by atoms with van der Waals surface area (Å²) in [6.07, 6.45) is 1.01. The minimum Gasteiger partial charge on any atom is -0.481 e. The van der Waals surface area contributed by atoms with E-state index in [-0.39, 0.29) is 25.4 Å². The Morgan fingerprint density at radius 1 is 1.24 bits per heavy atom. The highest BCUT2D eigenvalue weighted by Gasteiger charge is 2.40. The summed E-state index contributed by atoms with van der Waals surface area (Å²) in [5.74, 6) is -4.47. The number of hydrogen-bond acceptors (Lipinski definition) is 4. The fourth-order valence-electron chi connectivity index (χ4n) is 2.52. The zero-order chi connectivity index (χ0) is 15.6. The summed E-state index contributed by atoms with van der Waals surface area (Å²) in [7, 11) is 0. The van der Waals surface area contributed by atoms with Crippen LogP contribution >= 0.6 is 11.3 Å². The van der Waals surface area contributed by atoms with Crippen LogP contribution in [0.4, 0.5) is 0 Å². The molecular weight excluding hydrogens is 294 g/mol. The second-order valence-electron chi connectivity index (χ2n) is 5.05. The predicted molar refractivity (Wildman–Crippen MR) is 76.5 cm³/mol. The lowest BCUT2D eigenvalue weighted by atomic mass is 9.85. The smallest absolute Gasteiger partial charge is 0.309 e. The number of carbonyl (C=O) groups excluding carboxylic acids is 1. The molecule has 0 saturated carbocycles. The molecule has 2 heterocycles. The topological polar surface area (TPSA) is 94.9 Å².